The SMILES string of the molecule is CC(C)CCS(=O)(=O)CC(C)CBr. The molecule has 13 heavy (non-hydrogen) atoms. The zero-order valence-electron chi connectivity index (χ0n) is 8.59. The van der Waals surface area contributed by atoms with Crippen LogP contribution in [0.1, 0.15) is 27.2 Å². The van der Waals surface area contributed by atoms with Gasteiger partial charge < -0.3 is 0 Å². The van der Waals surface area contributed by atoms with Crippen LogP contribution in [0.4, 0.5) is 0 Å². The van der Waals surface area contributed by atoms with E-state index in [9.17, 15) is 8.42 Å². The molecule has 0 aliphatic heterocycles. The molecular weight excluding hydrogens is 252 g/mol. The first-order valence-corrected chi connectivity index (χ1v) is 7.58. The molecule has 0 aliphatic rings. The molecular formula is C9H19BrO2S. The first kappa shape index (κ1) is 13.4. The normalized spacial score (nSPS) is 14.8. The van der Waals surface area contributed by atoms with Crippen LogP contribution in [0, 0.1) is 11.8 Å². The van der Waals surface area contributed by atoms with Gasteiger partial charge in [-0.1, -0.05) is 36.7 Å². The highest BCUT2D eigenvalue weighted by atomic mass is 79.9. The summed E-state index contributed by atoms with van der Waals surface area (Å²) in [5.74, 6) is 1.33. The van der Waals surface area contributed by atoms with Crippen LogP contribution in [0.2, 0.25) is 0 Å². The molecule has 0 aromatic carbocycles. The van der Waals surface area contributed by atoms with Crippen LogP contribution in [0.3, 0.4) is 0 Å². The van der Waals surface area contributed by atoms with Crippen LogP contribution >= 0.6 is 15.9 Å². The first-order chi connectivity index (χ1) is 5.87. The number of halogens is 1. The predicted octanol–water partition coefficient (Wildman–Crippen LogP) is 2.48. The Balaban J connectivity index is 3.95. The summed E-state index contributed by atoms with van der Waals surface area (Å²) >= 11 is 3.28. The molecule has 0 heterocycles. The van der Waals surface area contributed by atoms with Crippen molar-refractivity contribution in [2.45, 2.75) is 27.2 Å². The van der Waals surface area contributed by atoms with Crippen molar-refractivity contribution in [3.63, 3.8) is 0 Å². The average Bonchev–Trinajstić information content (AvgIpc) is 2.00. The molecule has 0 amide bonds. The quantitative estimate of drug-likeness (QED) is 0.695. The molecule has 0 spiro atoms. The number of alkyl halides is 1. The summed E-state index contributed by atoms with van der Waals surface area (Å²) in [5.41, 5.74) is 0. The van der Waals surface area contributed by atoms with Gasteiger partial charge in [0.1, 0.15) is 0 Å². The van der Waals surface area contributed by atoms with E-state index in [1.165, 1.54) is 0 Å². The molecule has 1 atom stereocenters. The van der Waals surface area contributed by atoms with Gasteiger partial charge in [0.2, 0.25) is 0 Å². The molecule has 0 aliphatic carbocycles. The molecule has 0 bridgehead atoms. The molecule has 0 aromatic rings. The minimum Gasteiger partial charge on any atom is -0.229 e. The summed E-state index contributed by atoms with van der Waals surface area (Å²) in [7, 11) is -2.82. The van der Waals surface area contributed by atoms with Gasteiger partial charge in [-0.2, -0.15) is 0 Å². The van der Waals surface area contributed by atoms with Gasteiger partial charge in [-0.15, -0.1) is 0 Å². The van der Waals surface area contributed by atoms with E-state index < -0.39 is 9.84 Å². The highest BCUT2D eigenvalue weighted by molar-refractivity contribution is 9.09. The molecule has 0 aromatic heterocycles. The number of rotatable bonds is 6. The lowest BCUT2D eigenvalue weighted by atomic mass is 10.2. The smallest absolute Gasteiger partial charge is 0.150 e. The van der Waals surface area contributed by atoms with Gasteiger partial charge in [-0.3, -0.25) is 0 Å². The monoisotopic (exact) mass is 270 g/mol. The van der Waals surface area contributed by atoms with Crippen LogP contribution in [0.15, 0.2) is 0 Å². The van der Waals surface area contributed by atoms with Crippen molar-refractivity contribution in [1.29, 1.82) is 0 Å². The van der Waals surface area contributed by atoms with E-state index in [1.54, 1.807) is 0 Å². The molecule has 0 saturated heterocycles. The highest BCUT2D eigenvalue weighted by Gasteiger charge is 2.15. The third-order valence-electron chi connectivity index (χ3n) is 1.81. The van der Waals surface area contributed by atoms with Crippen molar-refractivity contribution in [1.82, 2.24) is 0 Å². The van der Waals surface area contributed by atoms with Gasteiger partial charge in [0.25, 0.3) is 0 Å². The van der Waals surface area contributed by atoms with Crippen LogP contribution in [0.5, 0.6) is 0 Å². The van der Waals surface area contributed by atoms with E-state index in [2.05, 4.69) is 15.9 Å². The maximum Gasteiger partial charge on any atom is 0.150 e. The van der Waals surface area contributed by atoms with Gasteiger partial charge in [0.05, 0.1) is 11.5 Å². The van der Waals surface area contributed by atoms with Crippen LogP contribution in [0.25, 0.3) is 0 Å². The Bertz CT molecular complexity index is 222. The molecule has 80 valence electrons. The van der Waals surface area contributed by atoms with E-state index in [-0.39, 0.29) is 5.92 Å². The van der Waals surface area contributed by atoms with Crippen LogP contribution in [-0.2, 0) is 9.84 Å². The third kappa shape index (κ3) is 7.50. The summed E-state index contributed by atoms with van der Waals surface area (Å²) in [6, 6.07) is 0. The van der Waals surface area contributed by atoms with Gasteiger partial charge in [-0.05, 0) is 18.3 Å². The minimum absolute atomic E-state index is 0.220. The van der Waals surface area contributed by atoms with E-state index in [0.717, 1.165) is 11.8 Å². The average molecular weight is 271 g/mol. The second-order valence-corrected chi connectivity index (χ2v) is 6.93. The van der Waals surface area contributed by atoms with E-state index in [4.69, 9.17) is 0 Å². The van der Waals surface area contributed by atoms with Crippen molar-refractivity contribution in [3.8, 4) is 0 Å². The summed E-state index contributed by atoms with van der Waals surface area (Å²) in [5, 5.41) is 0.758. The second-order valence-electron chi connectivity index (χ2n) is 4.06. The number of hydrogen-bond acceptors (Lipinski definition) is 2. The van der Waals surface area contributed by atoms with Gasteiger partial charge in [-0.25, -0.2) is 8.42 Å². The second kappa shape index (κ2) is 6.02. The molecule has 0 radical (unpaired) electrons. The van der Waals surface area contributed by atoms with Crippen molar-refractivity contribution in [2.24, 2.45) is 11.8 Å². The Labute approximate surface area is 90.2 Å². The molecule has 0 saturated carbocycles. The topological polar surface area (TPSA) is 34.1 Å². The third-order valence-corrected chi connectivity index (χ3v) is 4.85. The van der Waals surface area contributed by atoms with Gasteiger partial charge in [0, 0.05) is 5.33 Å². The van der Waals surface area contributed by atoms with Gasteiger partial charge >= 0.3 is 0 Å². The highest BCUT2D eigenvalue weighted by Crippen LogP contribution is 2.09. The Morgan fingerprint density at radius 3 is 2.15 bits per heavy atom. The lowest BCUT2D eigenvalue weighted by Crippen LogP contribution is -2.18. The first-order valence-electron chi connectivity index (χ1n) is 4.63. The lowest BCUT2D eigenvalue weighted by molar-refractivity contribution is 0.564. The van der Waals surface area contributed by atoms with Crippen molar-refractivity contribution in [3.05, 3.63) is 0 Å². The summed E-state index contributed by atoms with van der Waals surface area (Å²) < 4.78 is 23.0. The fourth-order valence-corrected chi connectivity index (χ4v) is 3.49. The summed E-state index contributed by atoms with van der Waals surface area (Å²) in [6.07, 6.45) is 0.775. The largest absolute Gasteiger partial charge is 0.229 e. The Morgan fingerprint density at radius 1 is 1.23 bits per heavy atom. The number of hydrogen-bond donors (Lipinski definition) is 0. The summed E-state index contributed by atoms with van der Waals surface area (Å²) in [6.45, 7) is 6.04. The minimum atomic E-state index is -2.82. The van der Waals surface area contributed by atoms with Gasteiger partial charge in [0.15, 0.2) is 9.84 Å². The Morgan fingerprint density at radius 2 is 1.77 bits per heavy atom. The molecule has 1 unspecified atom stereocenters. The maximum atomic E-state index is 11.5. The molecule has 0 fully saturated rings. The van der Waals surface area contributed by atoms with Crippen molar-refractivity contribution < 1.29 is 8.42 Å². The Kier molecular flexibility index (Phi) is 6.21. The molecule has 4 heteroatoms. The fourth-order valence-electron chi connectivity index (χ4n) is 0.977. The molecule has 0 rings (SSSR count). The van der Waals surface area contributed by atoms with Crippen LogP contribution < -0.4 is 0 Å². The van der Waals surface area contributed by atoms with Crippen molar-refractivity contribution in [2.75, 3.05) is 16.8 Å². The van der Waals surface area contributed by atoms with E-state index >= 15 is 0 Å². The maximum absolute atomic E-state index is 11.5. The van der Waals surface area contributed by atoms with Crippen LogP contribution in [-0.4, -0.2) is 25.3 Å². The van der Waals surface area contributed by atoms with E-state index in [1.807, 2.05) is 20.8 Å². The number of sulfone groups is 1. The Hall–Kier alpha value is 0.430. The van der Waals surface area contributed by atoms with E-state index in [0.29, 0.717) is 17.4 Å². The molecule has 2 nitrogen and oxygen atoms in total. The molecule has 0 N–H and O–H groups in total. The predicted molar refractivity (Wildman–Crippen MR) is 61.1 cm³/mol. The van der Waals surface area contributed by atoms with Crippen molar-refractivity contribution >= 4 is 25.8 Å². The fraction of sp³-hybridized carbons (Fsp3) is 1.00. The zero-order chi connectivity index (χ0) is 10.5. The lowest BCUT2D eigenvalue weighted by Gasteiger charge is -2.09. The standard InChI is InChI=1S/C9H19BrO2S/c1-8(2)4-5-13(11,12)7-9(3)6-10/h8-9H,4-7H2,1-3H3. The summed E-state index contributed by atoms with van der Waals surface area (Å²) in [4.78, 5) is 0. The zero-order valence-corrected chi connectivity index (χ0v) is 11.0.